The number of benzene rings is 2. The number of aromatic nitrogens is 2. The number of anilines is 2. The van der Waals surface area contributed by atoms with Crippen LogP contribution in [0.2, 0.25) is 0 Å². The van der Waals surface area contributed by atoms with E-state index in [2.05, 4.69) is 15.2 Å². The first-order valence-electron chi connectivity index (χ1n) is 10.6. The molecule has 31 heavy (non-hydrogen) atoms. The molecule has 0 spiro atoms. The van der Waals surface area contributed by atoms with Crippen molar-refractivity contribution in [3.63, 3.8) is 0 Å². The minimum absolute atomic E-state index is 0.00449. The Labute approximate surface area is 181 Å². The molecule has 1 aliphatic rings. The molecule has 1 saturated heterocycles. The molecular weight excluding hydrogens is 392 g/mol. The molecule has 0 aliphatic carbocycles. The quantitative estimate of drug-likeness (QED) is 0.607. The van der Waals surface area contributed by atoms with E-state index in [-0.39, 0.29) is 17.6 Å². The van der Waals surface area contributed by atoms with Crippen molar-refractivity contribution in [2.24, 2.45) is 5.92 Å². The minimum atomic E-state index is -0.0762. The summed E-state index contributed by atoms with van der Waals surface area (Å²) >= 11 is 0. The zero-order valence-corrected chi connectivity index (χ0v) is 17.8. The van der Waals surface area contributed by atoms with E-state index in [1.54, 1.807) is 24.3 Å². The first-order chi connectivity index (χ1) is 15.0. The number of carbonyl (C=O) groups is 2. The van der Waals surface area contributed by atoms with Gasteiger partial charge in [-0.15, -0.1) is 0 Å². The number of nitrogens with zero attached hydrogens (tertiary/aromatic N) is 3. The third-order valence-electron chi connectivity index (χ3n) is 5.53. The number of nitrogens with one attached hydrogen (secondary N) is 1. The van der Waals surface area contributed by atoms with Gasteiger partial charge in [0.2, 0.25) is 5.91 Å². The van der Waals surface area contributed by atoms with Gasteiger partial charge in [0.05, 0.1) is 17.6 Å². The van der Waals surface area contributed by atoms with Crippen molar-refractivity contribution in [2.45, 2.75) is 26.7 Å². The van der Waals surface area contributed by atoms with E-state index in [1.165, 1.54) is 6.92 Å². The highest BCUT2D eigenvalue weighted by Crippen LogP contribution is 2.31. The van der Waals surface area contributed by atoms with E-state index < -0.39 is 0 Å². The number of piperidine rings is 1. The second-order valence-electron chi connectivity index (χ2n) is 7.66. The third-order valence-corrected chi connectivity index (χ3v) is 5.53. The maximum Gasteiger partial charge on any atom is 0.258 e. The summed E-state index contributed by atoms with van der Waals surface area (Å²) in [4.78, 5) is 35.7. The minimum Gasteiger partial charge on any atom is -0.475 e. The van der Waals surface area contributed by atoms with E-state index in [9.17, 15) is 9.59 Å². The van der Waals surface area contributed by atoms with Crippen LogP contribution in [0.15, 0.2) is 48.5 Å². The lowest BCUT2D eigenvalue weighted by molar-refractivity contribution is -0.120. The van der Waals surface area contributed by atoms with E-state index in [4.69, 9.17) is 9.72 Å². The van der Waals surface area contributed by atoms with Crippen LogP contribution in [-0.4, -0.2) is 41.4 Å². The van der Waals surface area contributed by atoms with Gasteiger partial charge in [0.1, 0.15) is 0 Å². The van der Waals surface area contributed by atoms with E-state index >= 15 is 0 Å². The van der Waals surface area contributed by atoms with Crippen molar-refractivity contribution in [3.05, 3.63) is 54.1 Å². The van der Waals surface area contributed by atoms with E-state index in [0.29, 0.717) is 36.8 Å². The average Bonchev–Trinajstić information content (AvgIpc) is 2.79. The van der Waals surface area contributed by atoms with Crippen molar-refractivity contribution < 1.29 is 14.3 Å². The summed E-state index contributed by atoms with van der Waals surface area (Å²) in [5, 5.41) is 2.97. The van der Waals surface area contributed by atoms with Crippen LogP contribution in [0, 0.1) is 5.92 Å². The lowest BCUT2D eigenvalue weighted by Crippen LogP contribution is -2.38. The first-order valence-corrected chi connectivity index (χ1v) is 10.6. The zero-order valence-electron chi connectivity index (χ0n) is 17.8. The SMILES string of the molecule is CCOc1nc2ccccc2nc1N1CCC(C(=O)Nc2ccc(C(C)=O)cc2)CC1. The van der Waals surface area contributed by atoms with Crippen LogP contribution in [0.25, 0.3) is 11.0 Å². The summed E-state index contributed by atoms with van der Waals surface area (Å²) < 4.78 is 5.76. The van der Waals surface area contributed by atoms with Gasteiger partial charge in [-0.1, -0.05) is 12.1 Å². The van der Waals surface area contributed by atoms with Crippen molar-refractivity contribution >= 4 is 34.2 Å². The van der Waals surface area contributed by atoms with Crippen LogP contribution in [0.3, 0.4) is 0 Å². The van der Waals surface area contributed by atoms with Crippen LogP contribution in [0.4, 0.5) is 11.5 Å². The Morgan fingerprint density at radius 3 is 2.29 bits per heavy atom. The second kappa shape index (κ2) is 9.12. The maximum atomic E-state index is 12.7. The highest BCUT2D eigenvalue weighted by atomic mass is 16.5. The maximum absolute atomic E-state index is 12.7. The molecule has 0 atom stereocenters. The van der Waals surface area contributed by atoms with Crippen molar-refractivity contribution in [2.75, 3.05) is 29.9 Å². The fourth-order valence-corrected chi connectivity index (χ4v) is 3.80. The molecule has 7 heteroatoms. The molecular formula is C24H26N4O3. The van der Waals surface area contributed by atoms with Gasteiger partial charge in [0.25, 0.3) is 5.88 Å². The molecule has 160 valence electrons. The van der Waals surface area contributed by atoms with Gasteiger partial charge in [0, 0.05) is 30.3 Å². The summed E-state index contributed by atoms with van der Waals surface area (Å²) in [6.45, 7) is 5.38. The van der Waals surface area contributed by atoms with Crippen molar-refractivity contribution in [1.29, 1.82) is 0 Å². The van der Waals surface area contributed by atoms with Crippen LogP contribution in [-0.2, 0) is 4.79 Å². The molecule has 0 bridgehead atoms. The summed E-state index contributed by atoms with van der Waals surface area (Å²) in [5.74, 6) is 1.21. The molecule has 1 aromatic heterocycles. The molecule has 0 radical (unpaired) electrons. The average molecular weight is 418 g/mol. The molecule has 3 aromatic rings. The second-order valence-corrected chi connectivity index (χ2v) is 7.66. The number of fused-ring (bicyclic) bond motifs is 1. The predicted octanol–water partition coefficient (Wildman–Crippen LogP) is 4.09. The van der Waals surface area contributed by atoms with Crippen molar-refractivity contribution in [1.82, 2.24) is 9.97 Å². The highest BCUT2D eigenvalue weighted by Gasteiger charge is 2.28. The van der Waals surface area contributed by atoms with Crippen LogP contribution in [0.1, 0.15) is 37.0 Å². The monoisotopic (exact) mass is 418 g/mol. The predicted molar refractivity (Wildman–Crippen MR) is 121 cm³/mol. The van der Waals surface area contributed by atoms with Crippen LogP contribution < -0.4 is 15.0 Å². The normalized spacial score (nSPS) is 14.5. The molecule has 7 nitrogen and oxygen atoms in total. The lowest BCUT2D eigenvalue weighted by Gasteiger charge is -2.32. The molecule has 0 unspecified atom stereocenters. The Balaban J connectivity index is 1.42. The van der Waals surface area contributed by atoms with Gasteiger partial charge in [-0.3, -0.25) is 9.59 Å². The topological polar surface area (TPSA) is 84.4 Å². The lowest BCUT2D eigenvalue weighted by atomic mass is 9.95. The van der Waals surface area contributed by atoms with Gasteiger partial charge in [-0.25, -0.2) is 9.97 Å². The molecule has 1 N–H and O–H groups in total. The smallest absolute Gasteiger partial charge is 0.258 e. The molecule has 2 aromatic carbocycles. The number of hydrogen-bond donors (Lipinski definition) is 1. The van der Waals surface area contributed by atoms with Gasteiger partial charge >= 0.3 is 0 Å². The Morgan fingerprint density at radius 1 is 1.03 bits per heavy atom. The number of carbonyl (C=O) groups excluding carboxylic acids is 2. The van der Waals surface area contributed by atoms with Gasteiger partial charge in [-0.2, -0.15) is 0 Å². The number of amides is 1. The molecule has 4 rings (SSSR count). The molecule has 1 aliphatic heterocycles. The summed E-state index contributed by atoms with van der Waals surface area (Å²) in [5.41, 5.74) is 2.97. The number of para-hydroxylation sites is 2. The molecule has 0 saturated carbocycles. The van der Waals surface area contributed by atoms with Crippen LogP contribution >= 0.6 is 0 Å². The number of ether oxygens (including phenoxy) is 1. The Morgan fingerprint density at radius 2 is 1.68 bits per heavy atom. The fourth-order valence-electron chi connectivity index (χ4n) is 3.80. The highest BCUT2D eigenvalue weighted by molar-refractivity contribution is 5.96. The number of Topliss-reactive ketones (excluding diaryl/α,β-unsaturated/α-hetero) is 1. The number of rotatable bonds is 6. The van der Waals surface area contributed by atoms with Gasteiger partial charge in [0.15, 0.2) is 11.6 Å². The van der Waals surface area contributed by atoms with Gasteiger partial charge in [-0.05, 0) is 63.1 Å². The number of ketones is 1. The zero-order chi connectivity index (χ0) is 21.8. The van der Waals surface area contributed by atoms with E-state index in [0.717, 1.165) is 29.7 Å². The van der Waals surface area contributed by atoms with Crippen LogP contribution in [0.5, 0.6) is 5.88 Å². The summed E-state index contributed by atoms with van der Waals surface area (Å²) in [6.07, 6.45) is 1.44. The number of hydrogen-bond acceptors (Lipinski definition) is 6. The molecule has 2 heterocycles. The third kappa shape index (κ3) is 4.66. The molecule has 1 amide bonds. The summed E-state index contributed by atoms with van der Waals surface area (Å²) in [7, 11) is 0. The molecule has 1 fully saturated rings. The summed E-state index contributed by atoms with van der Waals surface area (Å²) in [6, 6.07) is 14.7. The Hall–Kier alpha value is -3.48. The largest absolute Gasteiger partial charge is 0.475 e. The van der Waals surface area contributed by atoms with E-state index in [1.807, 2.05) is 31.2 Å². The standard InChI is InChI=1S/C24H26N4O3/c1-3-31-24-22(26-20-6-4-5-7-21(20)27-24)28-14-12-18(13-15-28)23(30)25-19-10-8-17(9-11-19)16(2)29/h4-11,18H,3,12-15H2,1-2H3,(H,25,30). The first kappa shape index (κ1) is 20.8. The Kier molecular flexibility index (Phi) is 6.11. The van der Waals surface area contributed by atoms with Gasteiger partial charge < -0.3 is 15.0 Å². The van der Waals surface area contributed by atoms with Crippen molar-refractivity contribution in [3.8, 4) is 5.88 Å². The fraction of sp³-hybridized carbons (Fsp3) is 0.333. The Bertz CT molecular complexity index is 1090.